The minimum Gasteiger partial charge on any atom is -0.386 e. The molecule has 2 aliphatic rings. The van der Waals surface area contributed by atoms with Crippen molar-refractivity contribution in [2.45, 2.75) is 57.8 Å². The van der Waals surface area contributed by atoms with E-state index in [-0.39, 0.29) is 6.10 Å². The van der Waals surface area contributed by atoms with E-state index in [1.165, 1.54) is 18.4 Å². The lowest BCUT2D eigenvalue weighted by atomic mass is 9.95. The second-order valence-electron chi connectivity index (χ2n) is 6.60. The van der Waals surface area contributed by atoms with Crippen LogP contribution >= 0.6 is 0 Å². The molecule has 2 N–H and O–H groups in total. The van der Waals surface area contributed by atoms with Crippen LogP contribution in [0.3, 0.4) is 0 Å². The fourth-order valence-electron chi connectivity index (χ4n) is 2.96. The fraction of sp³-hybridized carbons (Fsp3) is 0.875. The van der Waals surface area contributed by atoms with Crippen LogP contribution in [0.2, 0.25) is 0 Å². The summed E-state index contributed by atoms with van der Waals surface area (Å²) in [4.78, 5) is 2.50. The van der Waals surface area contributed by atoms with E-state index in [1.807, 2.05) is 6.92 Å². The largest absolute Gasteiger partial charge is 0.386 e. The Morgan fingerprint density at radius 3 is 2.65 bits per heavy atom. The van der Waals surface area contributed by atoms with Crippen molar-refractivity contribution in [3.63, 3.8) is 0 Å². The number of ether oxygens (including phenoxy) is 1. The predicted octanol–water partition coefficient (Wildman–Crippen LogP) is 1.55. The van der Waals surface area contributed by atoms with Crippen molar-refractivity contribution in [3.05, 3.63) is 11.6 Å². The molecule has 2 unspecified atom stereocenters. The van der Waals surface area contributed by atoms with E-state index in [4.69, 9.17) is 4.74 Å². The van der Waals surface area contributed by atoms with E-state index in [2.05, 4.69) is 30.1 Å². The zero-order valence-corrected chi connectivity index (χ0v) is 13.2. The van der Waals surface area contributed by atoms with E-state index in [1.54, 1.807) is 0 Å². The summed E-state index contributed by atoms with van der Waals surface area (Å²) in [7, 11) is 0. The lowest BCUT2D eigenvalue weighted by Crippen LogP contribution is -2.51. The fourth-order valence-corrected chi connectivity index (χ4v) is 2.96. The lowest BCUT2D eigenvalue weighted by molar-refractivity contribution is -0.0287. The maximum atomic E-state index is 10.5. The van der Waals surface area contributed by atoms with Crippen LogP contribution in [0.15, 0.2) is 11.6 Å². The number of nitrogens with zero attached hydrogens (tertiary/aromatic N) is 1. The van der Waals surface area contributed by atoms with Crippen molar-refractivity contribution < 1.29 is 9.84 Å². The molecule has 0 aromatic heterocycles. The first-order valence-electron chi connectivity index (χ1n) is 7.93. The number of hydrogen-bond donors (Lipinski definition) is 2. The molecule has 0 aromatic carbocycles. The molecular weight excluding hydrogens is 252 g/mol. The van der Waals surface area contributed by atoms with E-state index >= 15 is 0 Å². The van der Waals surface area contributed by atoms with Gasteiger partial charge in [-0.3, -0.25) is 4.90 Å². The normalized spacial score (nSPS) is 32.5. The number of piperidine rings is 1. The Morgan fingerprint density at radius 2 is 2.10 bits per heavy atom. The molecule has 2 saturated heterocycles. The van der Waals surface area contributed by atoms with E-state index in [0.29, 0.717) is 19.2 Å². The quantitative estimate of drug-likeness (QED) is 0.751. The summed E-state index contributed by atoms with van der Waals surface area (Å²) < 4.78 is 5.48. The van der Waals surface area contributed by atoms with Crippen molar-refractivity contribution in [2.24, 2.45) is 0 Å². The molecule has 0 aliphatic carbocycles. The van der Waals surface area contributed by atoms with Gasteiger partial charge in [0.15, 0.2) is 0 Å². The Morgan fingerprint density at radius 1 is 1.40 bits per heavy atom. The molecule has 0 bridgehead atoms. The lowest BCUT2D eigenvalue weighted by Gasteiger charge is -2.34. The monoisotopic (exact) mass is 282 g/mol. The summed E-state index contributed by atoms with van der Waals surface area (Å²) >= 11 is 0. The van der Waals surface area contributed by atoms with Crippen LogP contribution in [0.1, 0.15) is 40.0 Å². The third-order valence-electron chi connectivity index (χ3n) is 4.70. The van der Waals surface area contributed by atoms with Crippen molar-refractivity contribution in [2.75, 3.05) is 32.8 Å². The molecule has 2 heterocycles. The van der Waals surface area contributed by atoms with Gasteiger partial charge in [0, 0.05) is 32.2 Å². The van der Waals surface area contributed by atoms with Gasteiger partial charge in [0.2, 0.25) is 0 Å². The Labute approximate surface area is 123 Å². The van der Waals surface area contributed by atoms with Gasteiger partial charge in [-0.1, -0.05) is 11.6 Å². The average Bonchev–Trinajstić information content (AvgIpc) is 2.76. The summed E-state index contributed by atoms with van der Waals surface area (Å²) in [6.07, 6.45) is 5.34. The molecule has 0 aromatic rings. The van der Waals surface area contributed by atoms with Crippen molar-refractivity contribution in [1.29, 1.82) is 0 Å². The first-order valence-corrected chi connectivity index (χ1v) is 7.93. The van der Waals surface area contributed by atoms with Crippen LogP contribution in [0.5, 0.6) is 0 Å². The highest BCUT2D eigenvalue weighted by atomic mass is 16.5. The van der Waals surface area contributed by atoms with E-state index in [9.17, 15) is 5.11 Å². The average molecular weight is 282 g/mol. The third kappa shape index (κ3) is 4.29. The topological polar surface area (TPSA) is 44.7 Å². The van der Waals surface area contributed by atoms with Crippen molar-refractivity contribution >= 4 is 0 Å². The molecule has 4 heteroatoms. The van der Waals surface area contributed by atoms with Crippen LogP contribution in [0.4, 0.5) is 0 Å². The van der Waals surface area contributed by atoms with Gasteiger partial charge in [0.1, 0.15) is 5.60 Å². The van der Waals surface area contributed by atoms with Crippen LogP contribution in [-0.2, 0) is 4.74 Å². The summed E-state index contributed by atoms with van der Waals surface area (Å²) in [5.74, 6) is 0. The highest BCUT2D eigenvalue weighted by Gasteiger charge is 2.39. The van der Waals surface area contributed by atoms with Gasteiger partial charge < -0.3 is 15.2 Å². The number of aliphatic hydroxyl groups is 1. The number of likely N-dealkylation sites (tertiary alicyclic amines) is 1. The maximum absolute atomic E-state index is 10.5. The molecule has 0 radical (unpaired) electrons. The standard InChI is InChI=1S/C16H30N2O2/c1-13(2)4-8-18-9-5-15(6-10-18)17-12-16(19)7-11-20-14(16)3/h4,14-15,17,19H,5-12H2,1-3H3. The molecule has 2 atom stereocenters. The molecule has 2 aliphatic heterocycles. The second-order valence-corrected chi connectivity index (χ2v) is 6.60. The van der Waals surface area contributed by atoms with Crippen LogP contribution in [-0.4, -0.2) is 60.5 Å². The van der Waals surface area contributed by atoms with Crippen LogP contribution in [0.25, 0.3) is 0 Å². The van der Waals surface area contributed by atoms with Gasteiger partial charge in [-0.15, -0.1) is 0 Å². The Kier molecular flexibility index (Phi) is 5.61. The van der Waals surface area contributed by atoms with Gasteiger partial charge in [-0.25, -0.2) is 0 Å². The predicted molar refractivity (Wildman–Crippen MR) is 81.9 cm³/mol. The summed E-state index contributed by atoms with van der Waals surface area (Å²) in [5.41, 5.74) is 0.724. The maximum Gasteiger partial charge on any atom is 0.105 e. The number of rotatable bonds is 5. The van der Waals surface area contributed by atoms with E-state index < -0.39 is 5.60 Å². The molecule has 4 nitrogen and oxygen atoms in total. The van der Waals surface area contributed by atoms with Crippen molar-refractivity contribution in [1.82, 2.24) is 10.2 Å². The van der Waals surface area contributed by atoms with Gasteiger partial charge in [-0.05, 0) is 46.7 Å². The molecular formula is C16H30N2O2. The van der Waals surface area contributed by atoms with Crippen LogP contribution in [0, 0.1) is 0 Å². The number of nitrogens with one attached hydrogen (secondary N) is 1. The summed E-state index contributed by atoms with van der Waals surface area (Å²) in [5, 5.41) is 14.0. The SMILES string of the molecule is CC(C)=CCN1CCC(NCC2(O)CCOC2C)CC1. The number of hydrogen-bond acceptors (Lipinski definition) is 4. The minimum atomic E-state index is -0.667. The highest BCUT2D eigenvalue weighted by Crippen LogP contribution is 2.25. The van der Waals surface area contributed by atoms with Gasteiger partial charge in [0.25, 0.3) is 0 Å². The molecule has 0 spiro atoms. The smallest absolute Gasteiger partial charge is 0.105 e. The third-order valence-corrected chi connectivity index (χ3v) is 4.70. The van der Waals surface area contributed by atoms with E-state index in [0.717, 1.165) is 26.1 Å². The minimum absolute atomic E-state index is 0.0484. The van der Waals surface area contributed by atoms with Gasteiger partial charge >= 0.3 is 0 Å². The Hall–Kier alpha value is -0.420. The molecule has 116 valence electrons. The van der Waals surface area contributed by atoms with Gasteiger partial charge in [0.05, 0.1) is 6.10 Å². The Balaban J connectivity index is 1.68. The first kappa shape index (κ1) is 16.0. The van der Waals surface area contributed by atoms with Gasteiger partial charge in [-0.2, -0.15) is 0 Å². The Bertz CT molecular complexity index is 333. The summed E-state index contributed by atoms with van der Waals surface area (Å²) in [6, 6.07) is 0.537. The molecule has 0 amide bonds. The molecule has 0 saturated carbocycles. The summed E-state index contributed by atoms with van der Waals surface area (Å²) in [6.45, 7) is 11.0. The number of allylic oxidation sites excluding steroid dienone is 1. The first-order chi connectivity index (χ1) is 9.49. The molecule has 2 rings (SSSR count). The molecule has 20 heavy (non-hydrogen) atoms. The zero-order valence-electron chi connectivity index (χ0n) is 13.2. The highest BCUT2D eigenvalue weighted by molar-refractivity contribution is 4.96. The van der Waals surface area contributed by atoms with Crippen molar-refractivity contribution in [3.8, 4) is 0 Å². The second kappa shape index (κ2) is 7.03. The van der Waals surface area contributed by atoms with Crippen LogP contribution < -0.4 is 5.32 Å². The molecule has 2 fully saturated rings. The zero-order chi connectivity index (χ0) is 14.6.